The highest BCUT2D eigenvalue weighted by Crippen LogP contribution is 2.35. The number of amides is 1. The van der Waals surface area contributed by atoms with Crippen LogP contribution in [0, 0.1) is 11.7 Å². The first kappa shape index (κ1) is 22.1. The quantitative estimate of drug-likeness (QED) is 0.675. The molecule has 1 aliphatic heterocycles. The van der Waals surface area contributed by atoms with Crippen LogP contribution in [0.25, 0.3) is 0 Å². The maximum atomic E-state index is 13.8. The van der Waals surface area contributed by atoms with Crippen LogP contribution in [-0.2, 0) is 12.4 Å². The summed E-state index contributed by atoms with van der Waals surface area (Å²) in [7, 11) is 0. The van der Waals surface area contributed by atoms with E-state index in [-0.39, 0.29) is 29.4 Å². The van der Waals surface area contributed by atoms with Gasteiger partial charge >= 0.3 is 12.4 Å². The number of carbonyl (C=O) groups excluding carboxylic acids is 1. The summed E-state index contributed by atoms with van der Waals surface area (Å²) in [6, 6.07) is 2.39. The van der Waals surface area contributed by atoms with Crippen molar-refractivity contribution in [3.63, 3.8) is 0 Å². The molecule has 4 nitrogen and oxygen atoms in total. The Kier molecular flexibility index (Phi) is 5.85. The molecule has 3 rings (SSSR count). The molecule has 0 atom stereocenters. The monoisotopic (exact) mass is 455 g/mol. The van der Waals surface area contributed by atoms with Gasteiger partial charge in [0.15, 0.2) is 0 Å². The Bertz CT molecular complexity index is 956. The second-order valence-corrected chi connectivity index (χ2v) is 7.11. The normalized spacial score (nSPS) is 15.1. The number of anilines is 1. The van der Waals surface area contributed by atoms with Gasteiger partial charge in [-0.2, -0.15) is 26.3 Å². The molecule has 2 heterocycles. The fourth-order valence-corrected chi connectivity index (χ4v) is 3.18. The van der Waals surface area contributed by atoms with E-state index in [2.05, 4.69) is 10.3 Å². The predicted octanol–water partition coefficient (Wildman–Crippen LogP) is 4.78. The van der Waals surface area contributed by atoms with Crippen LogP contribution in [0.15, 0.2) is 30.5 Å². The number of rotatable bonds is 4. The van der Waals surface area contributed by atoms with Crippen LogP contribution in [0.5, 0.6) is 0 Å². The molecule has 1 amide bonds. The van der Waals surface area contributed by atoms with Gasteiger partial charge in [-0.05, 0) is 24.3 Å². The van der Waals surface area contributed by atoms with Crippen molar-refractivity contribution in [3.05, 3.63) is 58.0 Å². The second kappa shape index (κ2) is 7.93. The third-order valence-electron chi connectivity index (χ3n) is 4.50. The Morgan fingerprint density at radius 1 is 1.10 bits per heavy atom. The average Bonchev–Trinajstić information content (AvgIpc) is 2.59. The maximum absolute atomic E-state index is 13.8. The molecule has 0 bridgehead atoms. The van der Waals surface area contributed by atoms with Crippen LogP contribution >= 0.6 is 11.6 Å². The van der Waals surface area contributed by atoms with E-state index < -0.39 is 40.8 Å². The van der Waals surface area contributed by atoms with Gasteiger partial charge in [0.1, 0.15) is 11.6 Å². The van der Waals surface area contributed by atoms with Gasteiger partial charge in [-0.1, -0.05) is 11.6 Å². The summed E-state index contributed by atoms with van der Waals surface area (Å²) < 4.78 is 89.4. The van der Waals surface area contributed by atoms with E-state index in [9.17, 15) is 35.5 Å². The van der Waals surface area contributed by atoms with Crippen LogP contribution in [0.4, 0.5) is 36.6 Å². The summed E-state index contributed by atoms with van der Waals surface area (Å²) in [5, 5.41) is 2.26. The van der Waals surface area contributed by atoms with Crippen LogP contribution in [0.1, 0.15) is 21.5 Å². The molecule has 1 aromatic heterocycles. The zero-order chi connectivity index (χ0) is 22.3. The number of hydrogen-bond acceptors (Lipinski definition) is 3. The number of hydrogen-bond donors (Lipinski definition) is 1. The van der Waals surface area contributed by atoms with Crippen LogP contribution in [-0.4, -0.2) is 30.5 Å². The van der Waals surface area contributed by atoms with Gasteiger partial charge in [0.25, 0.3) is 5.91 Å². The number of benzene rings is 1. The fraction of sp³-hybridized carbons (Fsp3) is 0.333. The van der Waals surface area contributed by atoms with Gasteiger partial charge in [-0.25, -0.2) is 9.37 Å². The Hall–Kier alpha value is -2.56. The van der Waals surface area contributed by atoms with Gasteiger partial charge in [-0.15, -0.1) is 0 Å². The fourth-order valence-electron chi connectivity index (χ4n) is 2.90. The van der Waals surface area contributed by atoms with Gasteiger partial charge in [0.05, 0.1) is 21.7 Å². The van der Waals surface area contributed by atoms with Crippen molar-refractivity contribution >= 4 is 23.3 Å². The first-order valence-corrected chi connectivity index (χ1v) is 8.86. The molecule has 30 heavy (non-hydrogen) atoms. The number of pyridine rings is 1. The van der Waals surface area contributed by atoms with Crippen molar-refractivity contribution in [2.24, 2.45) is 5.92 Å². The van der Waals surface area contributed by atoms with Crippen molar-refractivity contribution in [1.29, 1.82) is 0 Å². The molecule has 12 heteroatoms. The first-order valence-electron chi connectivity index (χ1n) is 8.49. The molecule has 2 aromatic rings. The lowest BCUT2D eigenvalue weighted by Crippen LogP contribution is -2.52. The molecule has 0 spiro atoms. The minimum absolute atomic E-state index is 0.0913. The Balaban J connectivity index is 1.54. The topological polar surface area (TPSA) is 45.2 Å². The summed E-state index contributed by atoms with van der Waals surface area (Å²) in [5.74, 6) is -2.11. The SMILES string of the molecule is O=C(NCC1CN(c2ncc(C(F)(F)F)cc2Cl)C1)c1ccc(C(F)(F)F)cc1F. The largest absolute Gasteiger partial charge is 0.417 e. The number of halogens is 8. The Morgan fingerprint density at radius 2 is 1.73 bits per heavy atom. The van der Waals surface area contributed by atoms with Crippen molar-refractivity contribution in [3.8, 4) is 0 Å². The van der Waals surface area contributed by atoms with Gasteiger partial charge in [-0.3, -0.25) is 4.79 Å². The summed E-state index contributed by atoms with van der Waals surface area (Å²) in [6.07, 6.45) is -8.62. The lowest BCUT2D eigenvalue weighted by atomic mass is 9.99. The maximum Gasteiger partial charge on any atom is 0.417 e. The number of nitrogens with one attached hydrogen (secondary N) is 1. The zero-order valence-corrected chi connectivity index (χ0v) is 15.7. The van der Waals surface area contributed by atoms with Crippen molar-refractivity contribution in [2.75, 3.05) is 24.5 Å². The van der Waals surface area contributed by atoms with E-state index in [0.717, 1.165) is 12.1 Å². The highest BCUT2D eigenvalue weighted by atomic mass is 35.5. The van der Waals surface area contributed by atoms with Gasteiger partial charge < -0.3 is 10.2 Å². The third-order valence-corrected chi connectivity index (χ3v) is 4.78. The summed E-state index contributed by atoms with van der Waals surface area (Å²) in [4.78, 5) is 17.4. The molecule has 1 saturated heterocycles. The van der Waals surface area contributed by atoms with Crippen LogP contribution < -0.4 is 10.2 Å². The molecule has 162 valence electrons. The Labute approximate surface area is 170 Å². The van der Waals surface area contributed by atoms with E-state index in [1.807, 2.05) is 0 Å². The van der Waals surface area contributed by atoms with Crippen LogP contribution in [0.2, 0.25) is 5.02 Å². The van der Waals surface area contributed by atoms with E-state index in [1.54, 1.807) is 4.90 Å². The standard InChI is InChI=1S/C18H13ClF7N3O/c19-13-3-11(18(24,25)26)6-27-15(13)29-7-9(8-29)5-28-16(30)12-2-1-10(4-14(12)20)17(21,22)23/h1-4,6,9H,5,7-8H2,(H,28,30). The van der Waals surface area contributed by atoms with Gasteiger partial charge in [0, 0.05) is 31.7 Å². The molecule has 1 aliphatic rings. The highest BCUT2D eigenvalue weighted by molar-refractivity contribution is 6.33. The van der Waals surface area contributed by atoms with E-state index in [0.29, 0.717) is 25.4 Å². The Morgan fingerprint density at radius 3 is 2.27 bits per heavy atom. The molecular formula is C18H13ClF7N3O. The molecule has 0 saturated carbocycles. The molecule has 0 unspecified atom stereocenters. The van der Waals surface area contributed by atoms with E-state index in [4.69, 9.17) is 11.6 Å². The highest BCUT2D eigenvalue weighted by Gasteiger charge is 2.35. The number of carbonyl (C=O) groups is 1. The average molecular weight is 456 g/mol. The molecule has 1 aromatic carbocycles. The van der Waals surface area contributed by atoms with Crippen LogP contribution in [0.3, 0.4) is 0 Å². The minimum atomic E-state index is -4.72. The molecular weight excluding hydrogens is 443 g/mol. The minimum Gasteiger partial charge on any atom is -0.355 e. The molecule has 1 N–H and O–H groups in total. The zero-order valence-electron chi connectivity index (χ0n) is 14.9. The van der Waals surface area contributed by atoms with Crippen molar-refractivity contribution in [2.45, 2.75) is 12.4 Å². The lowest BCUT2D eigenvalue weighted by molar-refractivity contribution is -0.138. The van der Waals surface area contributed by atoms with E-state index in [1.165, 1.54) is 0 Å². The predicted molar refractivity (Wildman–Crippen MR) is 93.7 cm³/mol. The third kappa shape index (κ3) is 4.77. The number of aromatic nitrogens is 1. The molecule has 0 radical (unpaired) electrons. The summed E-state index contributed by atoms with van der Waals surface area (Å²) >= 11 is 5.86. The van der Waals surface area contributed by atoms with Gasteiger partial charge in [0.2, 0.25) is 0 Å². The number of alkyl halides is 6. The van der Waals surface area contributed by atoms with Crippen molar-refractivity contribution in [1.82, 2.24) is 10.3 Å². The van der Waals surface area contributed by atoms with E-state index >= 15 is 0 Å². The second-order valence-electron chi connectivity index (χ2n) is 6.70. The number of nitrogens with zero attached hydrogens (tertiary/aromatic N) is 2. The molecule has 1 fully saturated rings. The van der Waals surface area contributed by atoms with Crippen molar-refractivity contribution < 1.29 is 35.5 Å². The summed E-state index contributed by atoms with van der Waals surface area (Å²) in [5.41, 5.74) is -2.70. The smallest absolute Gasteiger partial charge is 0.355 e. The lowest BCUT2D eigenvalue weighted by Gasteiger charge is -2.40. The molecule has 0 aliphatic carbocycles. The summed E-state index contributed by atoms with van der Waals surface area (Å²) in [6.45, 7) is 0.746. The first-order chi connectivity index (χ1) is 13.9.